The predicted molar refractivity (Wildman–Crippen MR) is 82.5 cm³/mol. The smallest absolute Gasteiger partial charge is 0.177 e. The molecule has 1 aromatic carbocycles. The number of rotatable bonds is 8. The highest BCUT2D eigenvalue weighted by Gasteiger charge is 2.12. The second kappa shape index (κ2) is 8.20. The van der Waals surface area contributed by atoms with Crippen LogP contribution in [0, 0.1) is 0 Å². The quantitative estimate of drug-likeness (QED) is 0.741. The zero-order chi connectivity index (χ0) is 15.0. The summed E-state index contributed by atoms with van der Waals surface area (Å²) in [6.07, 6.45) is 4.26. The molecule has 0 fully saturated rings. The Labute approximate surface area is 122 Å². The molecule has 0 amide bonds. The van der Waals surface area contributed by atoms with Gasteiger partial charge in [-0.1, -0.05) is 30.3 Å². The summed E-state index contributed by atoms with van der Waals surface area (Å²) in [5, 5.41) is 9.79. The Kier molecular flexibility index (Phi) is 6.93. The largest absolute Gasteiger partial charge is 0.390 e. The van der Waals surface area contributed by atoms with Gasteiger partial charge >= 0.3 is 0 Å². The Morgan fingerprint density at radius 1 is 1.10 bits per heavy atom. The maximum atomic E-state index is 9.79. The molecule has 0 heterocycles. The highest BCUT2D eigenvalue weighted by atomic mass is 16.7. The first-order valence-electron chi connectivity index (χ1n) is 7.17. The second-order valence-electron chi connectivity index (χ2n) is 5.37. The molecule has 0 unspecified atom stereocenters. The lowest BCUT2D eigenvalue weighted by Gasteiger charge is -2.16. The van der Waals surface area contributed by atoms with Crippen molar-refractivity contribution >= 4 is 6.08 Å². The molecule has 112 valence electrons. The molecule has 0 aliphatic rings. The van der Waals surface area contributed by atoms with E-state index in [1.807, 2.05) is 64.1 Å². The van der Waals surface area contributed by atoms with Crippen LogP contribution in [0.15, 0.2) is 30.3 Å². The number of hydrogen-bond acceptors (Lipinski definition) is 3. The highest BCUT2D eigenvalue weighted by Crippen LogP contribution is 2.14. The van der Waals surface area contributed by atoms with E-state index in [-0.39, 0.29) is 6.29 Å². The lowest BCUT2D eigenvalue weighted by Crippen LogP contribution is -2.21. The van der Waals surface area contributed by atoms with Gasteiger partial charge in [-0.3, -0.25) is 0 Å². The molecule has 1 rings (SSSR count). The Morgan fingerprint density at radius 2 is 1.65 bits per heavy atom. The van der Waals surface area contributed by atoms with Crippen LogP contribution >= 0.6 is 0 Å². The van der Waals surface area contributed by atoms with E-state index in [0.29, 0.717) is 19.6 Å². The minimum atomic E-state index is -0.674. The Morgan fingerprint density at radius 3 is 2.10 bits per heavy atom. The number of aliphatic hydroxyl groups is 1. The molecule has 0 bridgehead atoms. The second-order valence-corrected chi connectivity index (χ2v) is 5.37. The normalized spacial score (nSPS) is 12.5. The van der Waals surface area contributed by atoms with Crippen molar-refractivity contribution in [3.8, 4) is 0 Å². The summed E-state index contributed by atoms with van der Waals surface area (Å²) in [6.45, 7) is 8.78. The van der Waals surface area contributed by atoms with E-state index in [9.17, 15) is 5.11 Å². The third kappa shape index (κ3) is 6.85. The average Bonchev–Trinajstić information content (AvgIpc) is 2.36. The lowest BCUT2D eigenvalue weighted by atomic mass is 9.98. The van der Waals surface area contributed by atoms with E-state index >= 15 is 0 Å². The van der Waals surface area contributed by atoms with Gasteiger partial charge < -0.3 is 14.6 Å². The molecule has 0 radical (unpaired) electrons. The van der Waals surface area contributed by atoms with Gasteiger partial charge in [-0.2, -0.15) is 0 Å². The van der Waals surface area contributed by atoms with Crippen molar-refractivity contribution in [1.82, 2.24) is 0 Å². The van der Waals surface area contributed by atoms with Crippen molar-refractivity contribution in [3.63, 3.8) is 0 Å². The molecule has 0 aliphatic heterocycles. The minimum absolute atomic E-state index is 0.291. The van der Waals surface area contributed by atoms with Crippen molar-refractivity contribution < 1.29 is 14.6 Å². The van der Waals surface area contributed by atoms with Gasteiger partial charge in [-0.05, 0) is 44.9 Å². The average molecular weight is 278 g/mol. The molecule has 3 nitrogen and oxygen atoms in total. The van der Waals surface area contributed by atoms with E-state index in [2.05, 4.69) is 0 Å². The van der Waals surface area contributed by atoms with Gasteiger partial charge in [0.05, 0.1) is 5.60 Å². The molecule has 20 heavy (non-hydrogen) atoms. The summed E-state index contributed by atoms with van der Waals surface area (Å²) in [7, 11) is 0. The monoisotopic (exact) mass is 278 g/mol. The van der Waals surface area contributed by atoms with E-state index in [1.54, 1.807) is 0 Å². The molecule has 0 atom stereocenters. The summed E-state index contributed by atoms with van der Waals surface area (Å²) in [5.74, 6) is 0. The highest BCUT2D eigenvalue weighted by molar-refractivity contribution is 5.50. The zero-order valence-corrected chi connectivity index (χ0v) is 12.9. The molecule has 0 aliphatic carbocycles. The van der Waals surface area contributed by atoms with Crippen LogP contribution < -0.4 is 0 Å². The fourth-order valence-corrected chi connectivity index (χ4v) is 1.92. The Hall–Kier alpha value is -1.16. The van der Waals surface area contributed by atoms with Gasteiger partial charge in [0, 0.05) is 19.6 Å². The molecule has 3 heteroatoms. The summed E-state index contributed by atoms with van der Waals surface area (Å²) in [6, 6.07) is 8.14. The first-order valence-corrected chi connectivity index (χ1v) is 7.17. The number of hydrogen-bond donors (Lipinski definition) is 1. The van der Waals surface area contributed by atoms with Crippen LogP contribution in [0.25, 0.3) is 6.08 Å². The summed E-state index contributed by atoms with van der Waals surface area (Å²) >= 11 is 0. The fourth-order valence-electron chi connectivity index (χ4n) is 1.92. The Balaban J connectivity index is 2.64. The Bertz CT molecular complexity index is 395. The molecule has 0 saturated heterocycles. The number of benzene rings is 1. The standard InChI is InChI=1S/C17H26O3/c1-5-19-16(20-6-2)12-11-14-7-9-15(10-8-14)13-17(3,4)18/h7-12,16,18H,5-6,13H2,1-4H3/b12-11+. The van der Waals surface area contributed by atoms with Crippen molar-refractivity contribution in [3.05, 3.63) is 41.5 Å². The van der Waals surface area contributed by atoms with Crippen LogP contribution in [0.2, 0.25) is 0 Å². The fraction of sp³-hybridized carbons (Fsp3) is 0.529. The summed E-state index contributed by atoms with van der Waals surface area (Å²) in [5.41, 5.74) is 1.54. The van der Waals surface area contributed by atoms with Gasteiger partial charge in [0.1, 0.15) is 0 Å². The summed E-state index contributed by atoms with van der Waals surface area (Å²) < 4.78 is 10.9. The molecule has 1 aromatic rings. The van der Waals surface area contributed by atoms with E-state index < -0.39 is 5.60 Å². The van der Waals surface area contributed by atoms with Gasteiger partial charge in [0.15, 0.2) is 6.29 Å². The summed E-state index contributed by atoms with van der Waals surface area (Å²) in [4.78, 5) is 0. The molecular formula is C17H26O3. The van der Waals surface area contributed by atoms with Crippen molar-refractivity contribution in [2.45, 2.75) is 46.0 Å². The van der Waals surface area contributed by atoms with E-state index in [0.717, 1.165) is 11.1 Å². The minimum Gasteiger partial charge on any atom is -0.390 e. The van der Waals surface area contributed by atoms with Crippen molar-refractivity contribution in [1.29, 1.82) is 0 Å². The van der Waals surface area contributed by atoms with Crippen molar-refractivity contribution in [2.75, 3.05) is 13.2 Å². The molecule has 0 saturated carbocycles. The van der Waals surface area contributed by atoms with Crippen LogP contribution in [-0.4, -0.2) is 30.2 Å². The lowest BCUT2D eigenvalue weighted by molar-refractivity contribution is -0.103. The topological polar surface area (TPSA) is 38.7 Å². The van der Waals surface area contributed by atoms with Gasteiger partial charge in [-0.25, -0.2) is 0 Å². The van der Waals surface area contributed by atoms with Gasteiger partial charge in [-0.15, -0.1) is 0 Å². The molecule has 1 N–H and O–H groups in total. The maximum absolute atomic E-state index is 9.79. The van der Waals surface area contributed by atoms with Gasteiger partial charge in [0.25, 0.3) is 0 Å². The number of ether oxygens (including phenoxy) is 2. The third-order valence-corrected chi connectivity index (χ3v) is 2.72. The van der Waals surface area contributed by atoms with Crippen LogP contribution in [-0.2, 0) is 15.9 Å². The van der Waals surface area contributed by atoms with E-state index in [1.165, 1.54) is 0 Å². The maximum Gasteiger partial charge on any atom is 0.177 e. The molecular weight excluding hydrogens is 252 g/mol. The first-order chi connectivity index (χ1) is 9.44. The zero-order valence-electron chi connectivity index (χ0n) is 12.9. The third-order valence-electron chi connectivity index (χ3n) is 2.72. The predicted octanol–water partition coefficient (Wildman–Crippen LogP) is 3.41. The van der Waals surface area contributed by atoms with Crippen LogP contribution in [0.3, 0.4) is 0 Å². The SMILES string of the molecule is CCOC(/C=C/c1ccc(CC(C)(C)O)cc1)OCC. The van der Waals surface area contributed by atoms with Crippen LogP contribution in [0.1, 0.15) is 38.8 Å². The van der Waals surface area contributed by atoms with Crippen LogP contribution in [0.5, 0.6) is 0 Å². The van der Waals surface area contributed by atoms with E-state index in [4.69, 9.17) is 9.47 Å². The van der Waals surface area contributed by atoms with Crippen LogP contribution in [0.4, 0.5) is 0 Å². The van der Waals surface area contributed by atoms with Gasteiger partial charge in [0.2, 0.25) is 0 Å². The molecule has 0 aromatic heterocycles. The molecule has 0 spiro atoms. The van der Waals surface area contributed by atoms with Crippen molar-refractivity contribution in [2.24, 2.45) is 0 Å². The first kappa shape index (κ1) is 16.9.